The number of nitrogens with zero attached hydrogens (tertiary/aromatic N) is 2. The number of hydrazine groups is 1. The molecule has 19 heavy (non-hydrogen) atoms. The molecule has 1 fully saturated rings. The zero-order chi connectivity index (χ0) is 13.7. The molecule has 0 atom stereocenters. The van der Waals surface area contributed by atoms with E-state index in [1.165, 1.54) is 0 Å². The van der Waals surface area contributed by atoms with Crippen LogP contribution in [0.4, 0.5) is 5.82 Å². The van der Waals surface area contributed by atoms with Crippen LogP contribution in [-0.4, -0.2) is 34.9 Å². The Balaban J connectivity index is 1.83. The predicted octanol–water partition coefficient (Wildman–Crippen LogP) is 0.468. The Labute approximate surface area is 113 Å². The fourth-order valence-corrected chi connectivity index (χ4v) is 2.40. The topological polar surface area (TPSA) is 83.3 Å². The summed E-state index contributed by atoms with van der Waals surface area (Å²) >= 11 is 0. The second kappa shape index (κ2) is 6.49. The highest BCUT2D eigenvalue weighted by Gasteiger charge is 2.19. The smallest absolute Gasteiger partial charge is 0.217 e. The van der Waals surface area contributed by atoms with Gasteiger partial charge in [-0.2, -0.15) is 0 Å². The van der Waals surface area contributed by atoms with Crippen molar-refractivity contribution in [2.45, 2.75) is 32.4 Å². The molecule has 0 saturated carbocycles. The molecular weight excluding hydrogens is 242 g/mol. The minimum absolute atomic E-state index is 0.0573. The molecule has 1 aliphatic rings. The number of amides is 1. The van der Waals surface area contributed by atoms with Crippen LogP contribution >= 0.6 is 0 Å². The number of nitrogens with one attached hydrogen (secondary N) is 2. The Bertz CT molecular complexity index is 429. The maximum atomic E-state index is 11.0. The molecule has 0 unspecified atom stereocenters. The summed E-state index contributed by atoms with van der Waals surface area (Å²) in [4.78, 5) is 17.8. The van der Waals surface area contributed by atoms with Crippen LogP contribution in [-0.2, 0) is 11.3 Å². The van der Waals surface area contributed by atoms with Gasteiger partial charge < -0.3 is 10.7 Å². The summed E-state index contributed by atoms with van der Waals surface area (Å²) in [5, 5.41) is 2.98. The van der Waals surface area contributed by atoms with Gasteiger partial charge in [-0.25, -0.2) is 10.8 Å². The van der Waals surface area contributed by atoms with Crippen LogP contribution in [0.15, 0.2) is 18.2 Å². The number of carbonyl (C=O) groups is 1. The van der Waals surface area contributed by atoms with Crippen molar-refractivity contribution in [1.29, 1.82) is 0 Å². The van der Waals surface area contributed by atoms with Crippen LogP contribution in [0.2, 0.25) is 0 Å². The lowest BCUT2D eigenvalue weighted by Gasteiger charge is -2.31. The molecule has 6 nitrogen and oxygen atoms in total. The molecule has 2 heterocycles. The van der Waals surface area contributed by atoms with Gasteiger partial charge in [0, 0.05) is 32.6 Å². The molecule has 6 heteroatoms. The van der Waals surface area contributed by atoms with Crippen LogP contribution in [0.25, 0.3) is 0 Å². The fourth-order valence-electron chi connectivity index (χ4n) is 2.40. The van der Waals surface area contributed by atoms with Gasteiger partial charge in [0.25, 0.3) is 0 Å². The summed E-state index contributed by atoms with van der Waals surface area (Å²) in [7, 11) is 0. The molecule has 104 valence electrons. The molecule has 1 aromatic heterocycles. The first kappa shape index (κ1) is 13.8. The second-order valence-electron chi connectivity index (χ2n) is 4.91. The van der Waals surface area contributed by atoms with Gasteiger partial charge in [0.2, 0.25) is 5.91 Å². The summed E-state index contributed by atoms with van der Waals surface area (Å²) in [6, 6.07) is 6.10. The van der Waals surface area contributed by atoms with E-state index in [0.717, 1.165) is 38.2 Å². The van der Waals surface area contributed by atoms with E-state index in [2.05, 4.69) is 20.6 Å². The molecule has 1 aliphatic heterocycles. The Kier molecular flexibility index (Phi) is 4.70. The summed E-state index contributed by atoms with van der Waals surface area (Å²) < 4.78 is 0. The highest BCUT2D eigenvalue weighted by molar-refractivity contribution is 5.73. The Morgan fingerprint density at radius 2 is 2.21 bits per heavy atom. The summed E-state index contributed by atoms with van der Waals surface area (Å²) in [5.41, 5.74) is 3.56. The number of nitrogens with two attached hydrogens (primary N) is 1. The maximum Gasteiger partial charge on any atom is 0.217 e. The third-order valence-corrected chi connectivity index (χ3v) is 3.34. The highest BCUT2D eigenvalue weighted by atomic mass is 16.1. The van der Waals surface area contributed by atoms with E-state index in [9.17, 15) is 4.79 Å². The van der Waals surface area contributed by atoms with Gasteiger partial charge in [-0.15, -0.1) is 0 Å². The Morgan fingerprint density at radius 1 is 1.47 bits per heavy atom. The summed E-state index contributed by atoms with van der Waals surface area (Å²) in [5.74, 6) is 6.09. The third kappa shape index (κ3) is 4.18. The third-order valence-electron chi connectivity index (χ3n) is 3.34. The summed E-state index contributed by atoms with van der Waals surface area (Å²) in [6.07, 6.45) is 1.99. The molecule has 0 aliphatic carbocycles. The number of hydrogen-bond acceptors (Lipinski definition) is 5. The van der Waals surface area contributed by atoms with Gasteiger partial charge in [-0.3, -0.25) is 9.69 Å². The zero-order valence-corrected chi connectivity index (χ0v) is 11.2. The molecule has 1 aromatic rings. The minimum Gasteiger partial charge on any atom is -0.354 e. The molecule has 0 aromatic carbocycles. The van der Waals surface area contributed by atoms with Crippen LogP contribution < -0.4 is 16.6 Å². The van der Waals surface area contributed by atoms with E-state index in [1.54, 1.807) is 6.92 Å². The first-order chi connectivity index (χ1) is 9.17. The van der Waals surface area contributed by atoms with Crippen molar-refractivity contribution in [3.63, 3.8) is 0 Å². The molecule has 2 rings (SSSR count). The van der Waals surface area contributed by atoms with Crippen molar-refractivity contribution in [3.8, 4) is 0 Å². The predicted molar refractivity (Wildman–Crippen MR) is 74.2 cm³/mol. The van der Waals surface area contributed by atoms with E-state index in [1.807, 2.05) is 18.2 Å². The number of nitrogen functional groups attached to an aromatic ring is 1. The van der Waals surface area contributed by atoms with Crippen LogP contribution in [0.3, 0.4) is 0 Å². The molecule has 1 amide bonds. The molecule has 0 radical (unpaired) electrons. The van der Waals surface area contributed by atoms with Gasteiger partial charge in [-0.05, 0) is 25.0 Å². The number of rotatable bonds is 4. The lowest BCUT2D eigenvalue weighted by molar-refractivity contribution is -0.119. The lowest BCUT2D eigenvalue weighted by Crippen LogP contribution is -2.43. The van der Waals surface area contributed by atoms with E-state index in [0.29, 0.717) is 11.9 Å². The average Bonchev–Trinajstić information content (AvgIpc) is 2.41. The normalized spacial score (nSPS) is 17.2. The number of pyridine rings is 1. The average molecular weight is 263 g/mol. The number of hydrogen-bond donors (Lipinski definition) is 3. The quantitative estimate of drug-likeness (QED) is 0.543. The number of likely N-dealkylation sites (tertiary alicyclic amines) is 1. The zero-order valence-electron chi connectivity index (χ0n) is 11.2. The van der Waals surface area contributed by atoms with E-state index >= 15 is 0 Å². The van der Waals surface area contributed by atoms with Gasteiger partial charge in [0.05, 0.1) is 5.69 Å². The Hall–Kier alpha value is -1.66. The Morgan fingerprint density at radius 3 is 2.84 bits per heavy atom. The highest BCUT2D eigenvalue weighted by Crippen LogP contribution is 2.13. The van der Waals surface area contributed by atoms with E-state index in [4.69, 9.17) is 5.84 Å². The van der Waals surface area contributed by atoms with Crippen molar-refractivity contribution in [2.24, 2.45) is 5.84 Å². The molecular formula is C13H21N5O. The fraction of sp³-hybridized carbons (Fsp3) is 0.538. The molecule has 1 saturated heterocycles. The van der Waals surface area contributed by atoms with Crippen molar-refractivity contribution in [1.82, 2.24) is 15.2 Å². The standard InChI is InChI=1S/C13H21N5O/c1-10(19)15-11-5-7-18(8-6-11)9-12-3-2-4-13(16-12)17-14/h2-4,11H,5-9,14H2,1H3,(H,15,19)(H,16,17). The maximum absolute atomic E-state index is 11.0. The van der Waals surface area contributed by atoms with Gasteiger partial charge >= 0.3 is 0 Å². The lowest BCUT2D eigenvalue weighted by atomic mass is 10.0. The van der Waals surface area contributed by atoms with E-state index in [-0.39, 0.29) is 5.91 Å². The first-order valence-electron chi connectivity index (χ1n) is 6.59. The molecule has 0 spiro atoms. The van der Waals surface area contributed by atoms with Crippen molar-refractivity contribution in [2.75, 3.05) is 18.5 Å². The number of carbonyl (C=O) groups excluding carboxylic acids is 1. The number of piperidine rings is 1. The number of aromatic nitrogens is 1. The molecule has 4 N–H and O–H groups in total. The minimum atomic E-state index is 0.0573. The first-order valence-corrected chi connectivity index (χ1v) is 6.59. The van der Waals surface area contributed by atoms with Crippen LogP contribution in [0, 0.1) is 0 Å². The van der Waals surface area contributed by atoms with Crippen molar-refractivity contribution < 1.29 is 4.79 Å². The van der Waals surface area contributed by atoms with E-state index < -0.39 is 0 Å². The van der Waals surface area contributed by atoms with Gasteiger partial charge in [0.1, 0.15) is 5.82 Å². The molecule has 0 bridgehead atoms. The van der Waals surface area contributed by atoms with Crippen LogP contribution in [0.1, 0.15) is 25.5 Å². The van der Waals surface area contributed by atoms with Crippen molar-refractivity contribution >= 4 is 11.7 Å². The summed E-state index contributed by atoms with van der Waals surface area (Å²) in [6.45, 7) is 4.35. The van der Waals surface area contributed by atoms with Gasteiger partial charge in [-0.1, -0.05) is 6.07 Å². The largest absolute Gasteiger partial charge is 0.354 e. The van der Waals surface area contributed by atoms with Crippen molar-refractivity contribution in [3.05, 3.63) is 23.9 Å². The monoisotopic (exact) mass is 263 g/mol. The van der Waals surface area contributed by atoms with Crippen LogP contribution in [0.5, 0.6) is 0 Å². The number of anilines is 1. The second-order valence-corrected chi connectivity index (χ2v) is 4.91. The van der Waals surface area contributed by atoms with Gasteiger partial charge in [0.15, 0.2) is 0 Å². The SMILES string of the molecule is CC(=O)NC1CCN(Cc2cccc(NN)n2)CC1.